The lowest BCUT2D eigenvalue weighted by atomic mass is 10.3. The van der Waals surface area contributed by atoms with Gasteiger partial charge in [-0.05, 0) is 13.8 Å². The topological polar surface area (TPSA) is 70.2 Å². The van der Waals surface area contributed by atoms with E-state index in [1.54, 1.807) is 6.20 Å². The van der Waals surface area contributed by atoms with Gasteiger partial charge in [0.15, 0.2) is 0 Å². The van der Waals surface area contributed by atoms with Crippen LogP contribution in [0, 0.1) is 6.92 Å². The van der Waals surface area contributed by atoms with Crippen molar-refractivity contribution in [3.05, 3.63) is 11.8 Å². The van der Waals surface area contributed by atoms with Crippen molar-refractivity contribution in [2.75, 3.05) is 36.4 Å². The lowest BCUT2D eigenvalue weighted by Gasteiger charge is -2.28. The zero-order valence-electron chi connectivity index (χ0n) is 10.2. The molecule has 2 rings (SSSR count). The van der Waals surface area contributed by atoms with Gasteiger partial charge in [0.1, 0.15) is 5.82 Å². The van der Waals surface area contributed by atoms with Gasteiger partial charge in [0.2, 0.25) is 11.9 Å². The molecule has 17 heavy (non-hydrogen) atoms. The third-order valence-corrected chi connectivity index (χ3v) is 2.62. The summed E-state index contributed by atoms with van der Waals surface area (Å²) in [6.07, 6.45) is 1.78. The number of piperazine rings is 1. The average molecular weight is 235 g/mol. The maximum Gasteiger partial charge on any atom is 0.239 e. The fraction of sp³-hybridized carbons (Fsp3) is 0.545. The molecule has 1 aliphatic heterocycles. The molecule has 0 aromatic carbocycles. The molecule has 0 radical (unpaired) electrons. The van der Waals surface area contributed by atoms with Crippen molar-refractivity contribution in [3.8, 4) is 0 Å². The Labute approximate surface area is 100 Å². The van der Waals surface area contributed by atoms with E-state index >= 15 is 0 Å². The summed E-state index contributed by atoms with van der Waals surface area (Å²) in [4.78, 5) is 22.0. The summed E-state index contributed by atoms with van der Waals surface area (Å²) in [5.74, 6) is 1.49. The third-order valence-electron chi connectivity index (χ3n) is 2.62. The lowest BCUT2D eigenvalue weighted by molar-refractivity contribution is -0.120. The minimum absolute atomic E-state index is 0.0410. The molecular weight excluding hydrogens is 218 g/mol. The Morgan fingerprint density at radius 2 is 2.41 bits per heavy atom. The molecule has 1 amide bonds. The Bertz CT molecular complexity index is 420. The molecular formula is C11H17N5O. The molecule has 0 saturated carbocycles. The van der Waals surface area contributed by atoms with Gasteiger partial charge in [-0.1, -0.05) is 0 Å². The van der Waals surface area contributed by atoms with Crippen LogP contribution in [0.1, 0.15) is 12.5 Å². The second-order valence-corrected chi connectivity index (χ2v) is 4.00. The van der Waals surface area contributed by atoms with Crippen LogP contribution in [0.25, 0.3) is 0 Å². The number of aryl methyl sites for hydroxylation is 1. The average Bonchev–Trinajstić information content (AvgIpc) is 2.32. The highest BCUT2D eigenvalue weighted by atomic mass is 16.2. The van der Waals surface area contributed by atoms with E-state index in [2.05, 4.69) is 20.6 Å². The van der Waals surface area contributed by atoms with Gasteiger partial charge in [-0.25, -0.2) is 4.98 Å². The van der Waals surface area contributed by atoms with Gasteiger partial charge in [0.25, 0.3) is 0 Å². The first kappa shape index (κ1) is 11.6. The fourth-order valence-electron chi connectivity index (χ4n) is 1.82. The highest BCUT2D eigenvalue weighted by Crippen LogP contribution is 2.18. The molecule has 92 valence electrons. The molecule has 0 aliphatic carbocycles. The molecule has 2 heterocycles. The monoisotopic (exact) mass is 235 g/mol. The van der Waals surface area contributed by atoms with Crippen LogP contribution in [0.3, 0.4) is 0 Å². The summed E-state index contributed by atoms with van der Waals surface area (Å²) in [6.45, 7) is 6.55. The second kappa shape index (κ2) is 4.99. The Hall–Kier alpha value is -1.85. The predicted octanol–water partition coefficient (Wildman–Crippen LogP) is 0.153. The normalized spacial score (nSPS) is 15.6. The van der Waals surface area contributed by atoms with E-state index in [0.29, 0.717) is 19.0 Å². The standard InChI is InChI=1S/C11H17N5O/c1-3-12-11-14-6-8(2)10(15-11)16-5-4-13-9(17)7-16/h6H,3-5,7H2,1-2H3,(H,13,17)(H,12,14,15). The first-order valence-corrected chi connectivity index (χ1v) is 5.80. The van der Waals surface area contributed by atoms with Crippen LogP contribution in [0.15, 0.2) is 6.20 Å². The molecule has 6 nitrogen and oxygen atoms in total. The number of rotatable bonds is 3. The van der Waals surface area contributed by atoms with Crippen LogP contribution >= 0.6 is 0 Å². The first-order valence-electron chi connectivity index (χ1n) is 5.80. The van der Waals surface area contributed by atoms with Crippen molar-refractivity contribution in [3.63, 3.8) is 0 Å². The summed E-state index contributed by atoms with van der Waals surface area (Å²) in [7, 11) is 0. The van der Waals surface area contributed by atoms with Gasteiger partial charge in [-0.2, -0.15) is 4.98 Å². The van der Waals surface area contributed by atoms with Crippen molar-refractivity contribution in [2.45, 2.75) is 13.8 Å². The number of hydrogen-bond acceptors (Lipinski definition) is 5. The number of aromatic nitrogens is 2. The number of carbonyl (C=O) groups is 1. The zero-order chi connectivity index (χ0) is 12.3. The molecule has 0 spiro atoms. The lowest BCUT2D eigenvalue weighted by Crippen LogP contribution is -2.48. The Balaban J connectivity index is 2.23. The van der Waals surface area contributed by atoms with Crippen molar-refractivity contribution in [1.82, 2.24) is 15.3 Å². The highest BCUT2D eigenvalue weighted by molar-refractivity contribution is 5.82. The van der Waals surface area contributed by atoms with Gasteiger partial charge in [0.05, 0.1) is 6.54 Å². The Morgan fingerprint density at radius 1 is 1.59 bits per heavy atom. The summed E-state index contributed by atoms with van der Waals surface area (Å²) < 4.78 is 0. The van der Waals surface area contributed by atoms with E-state index in [0.717, 1.165) is 24.5 Å². The molecule has 0 unspecified atom stereocenters. The maximum atomic E-state index is 11.4. The number of hydrogen-bond donors (Lipinski definition) is 2. The minimum atomic E-state index is 0.0410. The van der Waals surface area contributed by atoms with Crippen LogP contribution in [0.4, 0.5) is 11.8 Å². The maximum absolute atomic E-state index is 11.4. The van der Waals surface area contributed by atoms with Crippen molar-refractivity contribution >= 4 is 17.7 Å². The molecule has 1 saturated heterocycles. The van der Waals surface area contributed by atoms with E-state index in [4.69, 9.17) is 0 Å². The third kappa shape index (κ3) is 2.64. The number of carbonyl (C=O) groups excluding carboxylic acids is 1. The van der Waals surface area contributed by atoms with E-state index in [1.165, 1.54) is 0 Å². The van der Waals surface area contributed by atoms with E-state index in [9.17, 15) is 4.79 Å². The number of amides is 1. The van der Waals surface area contributed by atoms with Gasteiger partial charge in [0, 0.05) is 31.4 Å². The molecule has 1 aromatic rings. The van der Waals surface area contributed by atoms with Gasteiger partial charge >= 0.3 is 0 Å². The van der Waals surface area contributed by atoms with Crippen LogP contribution in [-0.2, 0) is 4.79 Å². The predicted molar refractivity (Wildman–Crippen MR) is 66.2 cm³/mol. The number of nitrogens with one attached hydrogen (secondary N) is 2. The number of nitrogens with zero attached hydrogens (tertiary/aromatic N) is 3. The Morgan fingerprint density at radius 3 is 3.12 bits per heavy atom. The number of anilines is 2. The zero-order valence-corrected chi connectivity index (χ0v) is 10.2. The van der Waals surface area contributed by atoms with E-state index in [1.807, 2.05) is 18.7 Å². The Kier molecular flexibility index (Phi) is 3.41. The van der Waals surface area contributed by atoms with E-state index in [-0.39, 0.29) is 5.91 Å². The summed E-state index contributed by atoms with van der Waals surface area (Å²) in [5, 5.41) is 5.88. The first-order chi connectivity index (χ1) is 8.20. The van der Waals surface area contributed by atoms with Gasteiger partial charge < -0.3 is 15.5 Å². The van der Waals surface area contributed by atoms with Crippen LogP contribution in [0.2, 0.25) is 0 Å². The highest BCUT2D eigenvalue weighted by Gasteiger charge is 2.19. The molecule has 0 bridgehead atoms. The summed E-state index contributed by atoms with van der Waals surface area (Å²) >= 11 is 0. The van der Waals surface area contributed by atoms with Crippen LogP contribution in [0.5, 0.6) is 0 Å². The van der Waals surface area contributed by atoms with E-state index < -0.39 is 0 Å². The quantitative estimate of drug-likeness (QED) is 0.780. The second-order valence-electron chi connectivity index (χ2n) is 4.00. The van der Waals surface area contributed by atoms with Gasteiger partial charge in [-0.15, -0.1) is 0 Å². The molecule has 1 aliphatic rings. The van der Waals surface area contributed by atoms with Crippen molar-refractivity contribution < 1.29 is 4.79 Å². The summed E-state index contributed by atoms with van der Waals surface area (Å²) in [6, 6.07) is 0. The van der Waals surface area contributed by atoms with Crippen molar-refractivity contribution in [1.29, 1.82) is 0 Å². The van der Waals surface area contributed by atoms with Crippen molar-refractivity contribution in [2.24, 2.45) is 0 Å². The molecule has 1 aromatic heterocycles. The minimum Gasteiger partial charge on any atom is -0.354 e. The molecule has 6 heteroatoms. The molecule has 0 atom stereocenters. The van der Waals surface area contributed by atoms with Crippen LogP contribution < -0.4 is 15.5 Å². The molecule has 2 N–H and O–H groups in total. The largest absolute Gasteiger partial charge is 0.354 e. The SMILES string of the molecule is CCNc1ncc(C)c(N2CCNC(=O)C2)n1. The fourth-order valence-corrected chi connectivity index (χ4v) is 1.82. The summed E-state index contributed by atoms with van der Waals surface area (Å²) in [5.41, 5.74) is 0.987. The smallest absolute Gasteiger partial charge is 0.239 e. The molecule has 1 fully saturated rings. The van der Waals surface area contributed by atoms with Gasteiger partial charge in [-0.3, -0.25) is 4.79 Å². The van der Waals surface area contributed by atoms with Crippen LogP contribution in [-0.4, -0.2) is 42.1 Å².